The Morgan fingerprint density at radius 2 is 1.94 bits per heavy atom. The normalized spacial score (nSPS) is 12.5. The summed E-state index contributed by atoms with van der Waals surface area (Å²) in [5, 5.41) is 20.4. The Morgan fingerprint density at radius 1 is 1.31 bits per heavy atom. The zero-order valence-corrected chi connectivity index (χ0v) is 10.4. The first-order chi connectivity index (χ1) is 7.41. The fourth-order valence-electron chi connectivity index (χ4n) is 1.14. The largest absolute Gasteiger partial charge is 0.481 e. The lowest BCUT2D eigenvalue weighted by Crippen LogP contribution is -2.34. The molecule has 0 aromatic rings. The van der Waals surface area contributed by atoms with Crippen LogP contribution in [0.25, 0.3) is 0 Å². The van der Waals surface area contributed by atoms with Crippen molar-refractivity contribution < 1.29 is 19.8 Å². The van der Waals surface area contributed by atoms with Crippen LogP contribution in [0.5, 0.6) is 0 Å². The number of rotatable bonds is 8. The van der Waals surface area contributed by atoms with Crippen LogP contribution in [0, 0.1) is 5.92 Å². The second-order valence-corrected chi connectivity index (χ2v) is 4.96. The molecule has 0 radical (unpaired) electrons. The number of hydrogen-bond acceptors (Lipinski definition) is 4. The Balaban J connectivity index is 3.53. The number of thioether (sulfide) groups is 1. The van der Waals surface area contributed by atoms with E-state index in [2.05, 4.69) is 5.32 Å². The van der Waals surface area contributed by atoms with Gasteiger partial charge in [-0.25, -0.2) is 0 Å². The van der Waals surface area contributed by atoms with Gasteiger partial charge in [-0.3, -0.25) is 9.59 Å². The summed E-state index contributed by atoms with van der Waals surface area (Å²) in [5.74, 6) is -0.761. The average molecular weight is 249 g/mol. The first-order valence-electron chi connectivity index (χ1n) is 5.16. The highest BCUT2D eigenvalue weighted by molar-refractivity contribution is 8.00. The van der Waals surface area contributed by atoms with Crippen molar-refractivity contribution in [2.24, 2.45) is 5.92 Å². The highest BCUT2D eigenvalue weighted by Crippen LogP contribution is 2.03. The minimum atomic E-state index is -0.933. The van der Waals surface area contributed by atoms with Crippen molar-refractivity contribution in [3.05, 3.63) is 0 Å². The molecule has 0 fully saturated rings. The van der Waals surface area contributed by atoms with E-state index < -0.39 is 12.1 Å². The Hall–Kier alpha value is -0.750. The van der Waals surface area contributed by atoms with Gasteiger partial charge in [-0.15, -0.1) is 11.8 Å². The molecule has 0 aliphatic heterocycles. The minimum Gasteiger partial charge on any atom is -0.481 e. The molecule has 0 aromatic heterocycles. The van der Waals surface area contributed by atoms with Crippen LogP contribution in [0.4, 0.5) is 0 Å². The molecule has 0 bridgehead atoms. The Labute approximate surface area is 99.6 Å². The monoisotopic (exact) mass is 249 g/mol. The van der Waals surface area contributed by atoms with Crippen molar-refractivity contribution >= 4 is 23.6 Å². The van der Waals surface area contributed by atoms with Crippen LogP contribution in [-0.4, -0.2) is 46.2 Å². The van der Waals surface area contributed by atoms with Crippen LogP contribution in [-0.2, 0) is 9.59 Å². The highest BCUT2D eigenvalue weighted by atomic mass is 32.2. The van der Waals surface area contributed by atoms with Gasteiger partial charge in [-0.1, -0.05) is 13.8 Å². The van der Waals surface area contributed by atoms with Crippen LogP contribution in [0.3, 0.4) is 0 Å². The third-order valence-corrected chi connectivity index (χ3v) is 2.65. The molecule has 0 aliphatic carbocycles. The van der Waals surface area contributed by atoms with E-state index in [9.17, 15) is 14.7 Å². The SMILES string of the molecule is CC(C)CC(O)CNC(=O)CSCC(=O)O. The molecule has 5 nitrogen and oxygen atoms in total. The van der Waals surface area contributed by atoms with Gasteiger partial charge in [-0.2, -0.15) is 0 Å². The summed E-state index contributed by atoms with van der Waals surface area (Å²) in [6.45, 7) is 4.21. The molecule has 6 heteroatoms. The molecule has 1 atom stereocenters. The summed E-state index contributed by atoms with van der Waals surface area (Å²) in [4.78, 5) is 21.4. The van der Waals surface area contributed by atoms with Crippen molar-refractivity contribution in [2.75, 3.05) is 18.1 Å². The number of carboxylic acid groups (broad SMARTS) is 1. The molecule has 3 N–H and O–H groups in total. The number of aliphatic carboxylic acids is 1. The predicted molar refractivity (Wildman–Crippen MR) is 63.4 cm³/mol. The summed E-state index contributed by atoms with van der Waals surface area (Å²) < 4.78 is 0. The van der Waals surface area contributed by atoms with Gasteiger partial charge >= 0.3 is 5.97 Å². The Morgan fingerprint density at radius 3 is 2.44 bits per heavy atom. The smallest absolute Gasteiger partial charge is 0.313 e. The molecule has 0 spiro atoms. The summed E-state index contributed by atoms with van der Waals surface area (Å²) in [6.07, 6.45) is 0.108. The Kier molecular flexibility index (Phi) is 8.01. The molecular weight excluding hydrogens is 230 g/mol. The number of carbonyl (C=O) groups excluding carboxylic acids is 1. The van der Waals surface area contributed by atoms with Gasteiger partial charge < -0.3 is 15.5 Å². The molecule has 0 saturated heterocycles. The van der Waals surface area contributed by atoms with Gasteiger partial charge in [0.05, 0.1) is 17.6 Å². The topological polar surface area (TPSA) is 86.6 Å². The van der Waals surface area contributed by atoms with Crippen LogP contribution in [0.1, 0.15) is 20.3 Å². The lowest BCUT2D eigenvalue weighted by atomic mass is 10.1. The number of nitrogens with one attached hydrogen (secondary N) is 1. The zero-order valence-electron chi connectivity index (χ0n) is 9.60. The lowest BCUT2D eigenvalue weighted by molar-refractivity contribution is -0.133. The van der Waals surface area contributed by atoms with Crippen molar-refractivity contribution in [1.29, 1.82) is 0 Å². The number of carbonyl (C=O) groups is 2. The number of aliphatic hydroxyl groups excluding tert-OH is 1. The van der Waals surface area contributed by atoms with Gasteiger partial charge in [0.1, 0.15) is 0 Å². The van der Waals surface area contributed by atoms with E-state index in [0.29, 0.717) is 12.3 Å². The molecule has 0 aliphatic rings. The van der Waals surface area contributed by atoms with Crippen molar-refractivity contribution in [1.82, 2.24) is 5.32 Å². The molecule has 16 heavy (non-hydrogen) atoms. The number of amides is 1. The number of carboxylic acids is 1. The molecule has 0 saturated carbocycles. The highest BCUT2D eigenvalue weighted by Gasteiger charge is 2.09. The van der Waals surface area contributed by atoms with Crippen molar-refractivity contribution in [3.63, 3.8) is 0 Å². The summed E-state index contributed by atoms with van der Waals surface area (Å²) >= 11 is 1.04. The van der Waals surface area contributed by atoms with E-state index in [1.807, 2.05) is 13.8 Å². The molecule has 0 heterocycles. The van der Waals surface area contributed by atoms with E-state index in [-0.39, 0.29) is 24.0 Å². The van der Waals surface area contributed by atoms with Crippen molar-refractivity contribution in [3.8, 4) is 0 Å². The fourth-order valence-corrected chi connectivity index (χ4v) is 1.71. The second-order valence-electron chi connectivity index (χ2n) is 3.97. The molecule has 0 rings (SSSR count). The molecule has 94 valence electrons. The van der Waals surface area contributed by atoms with Gasteiger partial charge in [0.2, 0.25) is 5.91 Å². The quantitative estimate of drug-likeness (QED) is 0.577. The summed E-state index contributed by atoms with van der Waals surface area (Å²) in [7, 11) is 0. The third kappa shape index (κ3) is 9.79. The number of aliphatic hydroxyl groups is 1. The van der Waals surface area contributed by atoms with E-state index >= 15 is 0 Å². The molecule has 1 amide bonds. The lowest BCUT2D eigenvalue weighted by Gasteiger charge is -2.13. The summed E-state index contributed by atoms with van der Waals surface area (Å²) in [6, 6.07) is 0. The van der Waals surface area contributed by atoms with E-state index in [0.717, 1.165) is 11.8 Å². The molecule has 1 unspecified atom stereocenters. The standard InChI is InChI=1S/C10H19NO4S/c1-7(2)3-8(12)4-11-9(13)5-16-6-10(14)15/h7-8,12H,3-6H2,1-2H3,(H,11,13)(H,14,15). The van der Waals surface area contributed by atoms with Gasteiger partial charge in [0, 0.05) is 6.54 Å². The van der Waals surface area contributed by atoms with Gasteiger partial charge in [-0.05, 0) is 12.3 Å². The minimum absolute atomic E-state index is 0.0814. The van der Waals surface area contributed by atoms with Crippen molar-refractivity contribution in [2.45, 2.75) is 26.4 Å². The van der Waals surface area contributed by atoms with Crippen LogP contribution in [0.2, 0.25) is 0 Å². The maximum Gasteiger partial charge on any atom is 0.313 e. The second kappa shape index (κ2) is 8.41. The maximum atomic E-state index is 11.2. The van der Waals surface area contributed by atoms with Crippen LogP contribution in [0.15, 0.2) is 0 Å². The zero-order chi connectivity index (χ0) is 12.6. The van der Waals surface area contributed by atoms with Gasteiger partial charge in [0.15, 0.2) is 0 Å². The predicted octanol–water partition coefficient (Wildman–Crippen LogP) is 0.327. The van der Waals surface area contributed by atoms with Crippen LogP contribution >= 0.6 is 11.8 Å². The van der Waals surface area contributed by atoms with E-state index in [1.54, 1.807) is 0 Å². The van der Waals surface area contributed by atoms with E-state index in [4.69, 9.17) is 5.11 Å². The Bertz CT molecular complexity index is 233. The molecule has 0 aromatic carbocycles. The third-order valence-electron chi connectivity index (χ3n) is 1.74. The first-order valence-corrected chi connectivity index (χ1v) is 6.31. The van der Waals surface area contributed by atoms with E-state index in [1.165, 1.54) is 0 Å². The van der Waals surface area contributed by atoms with Gasteiger partial charge in [0.25, 0.3) is 0 Å². The number of hydrogen-bond donors (Lipinski definition) is 3. The summed E-state index contributed by atoms with van der Waals surface area (Å²) in [5.41, 5.74) is 0. The maximum absolute atomic E-state index is 11.2. The first kappa shape index (κ1) is 15.2. The average Bonchev–Trinajstić information content (AvgIpc) is 2.13. The fraction of sp³-hybridized carbons (Fsp3) is 0.800. The van der Waals surface area contributed by atoms with Crippen LogP contribution < -0.4 is 5.32 Å². The molecular formula is C10H19NO4S.